The van der Waals surface area contributed by atoms with Gasteiger partial charge < -0.3 is 5.73 Å². The number of nitrogens with two attached hydrogens (primary N) is 1. The van der Waals surface area contributed by atoms with E-state index in [4.69, 9.17) is 17.3 Å². The molecule has 0 amide bonds. The molecule has 3 rings (SSSR count). The van der Waals surface area contributed by atoms with Crippen LogP contribution in [0.1, 0.15) is 16.8 Å². The summed E-state index contributed by atoms with van der Waals surface area (Å²) < 4.78 is 1.46. The van der Waals surface area contributed by atoms with E-state index in [-0.39, 0.29) is 5.56 Å². The zero-order valence-corrected chi connectivity index (χ0v) is 14.2. The van der Waals surface area contributed by atoms with Crippen LogP contribution < -0.4 is 11.3 Å². The van der Waals surface area contributed by atoms with Crippen molar-refractivity contribution in [3.63, 3.8) is 0 Å². The summed E-state index contributed by atoms with van der Waals surface area (Å²) in [5, 5.41) is 5.16. The van der Waals surface area contributed by atoms with Gasteiger partial charge in [0.1, 0.15) is 5.82 Å². The summed E-state index contributed by atoms with van der Waals surface area (Å²) in [6, 6.07) is 12.7. The maximum atomic E-state index is 12.4. The monoisotopic (exact) mass is 340 g/mol. The second kappa shape index (κ2) is 6.45. The van der Waals surface area contributed by atoms with Crippen LogP contribution in [0.2, 0.25) is 5.02 Å². The van der Waals surface area contributed by atoms with Crippen LogP contribution in [0.3, 0.4) is 0 Å². The molecule has 0 fully saturated rings. The quantitative estimate of drug-likeness (QED) is 0.794. The third-order valence-electron chi connectivity index (χ3n) is 3.78. The Hall–Kier alpha value is -2.66. The summed E-state index contributed by atoms with van der Waals surface area (Å²) in [4.78, 5) is 16.7. The molecule has 5 nitrogen and oxygen atoms in total. The van der Waals surface area contributed by atoms with Crippen LogP contribution in [0.15, 0.2) is 47.3 Å². The molecule has 0 atom stereocenters. The van der Waals surface area contributed by atoms with Crippen molar-refractivity contribution >= 4 is 17.4 Å². The normalized spacial score (nSPS) is 10.8. The Morgan fingerprint density at radius 2 is 1.83 bits per heavy atom. The van der Waals surface area contributed by atoms with E-state index in [2.05, 4.69) is 10.1 Å². The zero-order chi connectivity index (χ0) is 17.3. The van der Waals surface area contributed by atoms with Gasteiger partial charge in [-0.05, 0) is 49.7 Å². The van der Waals surface area contributed by atoms with Crippen LogP contribution in [0, 0.1) is 13.8 Å². The van der Waals surface area contributed by atoms with Crippen molar-refractivity contribution < 1.29 is 0 Å². The average Bonchev–Trinajstić information content (AvgIpc) is 2.54. The van der Waals surface area contributed by atoms with Crippen LogP contribution in [-0.2, 0) is 6.54 Å². The number of nitrogens with zero attached hydrogens (tertiary/aromatic N) is 3. The summed E-state index contributed by atoms with van der Waals surface area (Å²) in [5.74, 6) is 0.461. The zero-order valence-electron chi connectivity index (χ0n) is 13.5. The molecule has 0 aliphatic carbocycles. The van der Waals surface area contributed by atoms with Gasteiger partial charge in [0.15, 0.2) is 0 Å². The fraction of sp³-hybridized carbons (Fsp3) is 0.167. The number of rotatable bonds is 3. The molecule has 0 aliphatic heterocycles. The van der Waals surface area contributed by atoms with Crippen molar-refractivity contribution in [3.8, 4) is 11.3 Å². The molecule has 2 aromatic heterocycles. The van der Waals surface area contributed by atoms with Crippen LogP contribution >= 0.6 is 11.6 Å². The van der Waals surface area contributed by atoms with Crippen molar-refractivity contribution in [2.75, 3.05) is 5.73 Å². The SMILES string of the molecule is Cc1nc(N)ccc1-c1cc(C)c(=O)n(Cc2ccc(Cl)cc2)n1. The Balaban J connectivity index is 2.05. The molecule has 2 N–H and O–H groups in total. The first-order valence-electron chi connectivity index (χ1n) is 7.51. The molecule has 3 aromatic rings. The first-order chi connectivity index (χ1) is 11.4. The van der Waals surface area contributed by atoms with Crippen molar-refractivity contribution in [1.82, 2.24) is 14.8 Å². The molecule has 2 heterocycles. The van der Waals surface area contributed by atoms with Gasteiger partial charge in [0.05, 0.1) is 12.2 Å². The minimum Gasteiger partial charge on any atom is -0.384 e. The highest BCUT2D eigenvalue weighted by Gasteiger charge is 2.10. The Bertz CT molecular complexity index is 948. The molecule has 6 heteroatoms. The van der Waals surface area contributed by atoms with Gasteiger partial charge in [-0.3, -0.25) is 4.79 Å². The van der Waals surface area contributed by atoms with E-state index >= 15 is 0 Å². The molecule has 0 aliphatic rings. The van der Waals surface area contributed by atoms with E-state index in [1.165, 1.54) is 4.68 Å². The number of nitrogen functional groups attached to an aromatic ring is 1. The predicted molar refractivity (Wildman–Crippen MR) is 96.2 cm³/mol. The minimum absolute atomic E-state index is 0.116. The molecular formula is C18H17ClN4O. The molecule has 0 spiro atoms. The van der Waals surface area contributed by atoms with Crippen molar-refractivity contribution in [3.05, 3.63) is 74.7 Å². The summed E-state index contributed by atoms with van der Waals surface area (Å²) in [6.07, 6.45) is 0. The van der Waals surface area contributed by atoms with Crippen LogP contribution in [0.5, 0.6) is 0 Å². The number of benzene rings is 1. The van der Waals surface area contributed by atoms with E-state index in [9.17, 15) is 4.79 Å². The van der Waals surface area contributed by atoms with Crippen LogP contribution in [0.25, 0.3) is 11.3 Å². The van der Waals surface area contributed by atoms with Crippen LogP contribution in [-0.4, -0.2) is 14.8 Å². The van der Waals surface area contributed by atoms with Crippen LogP contribution in [0.4, 0.5) is 5.82 Å². The van der Waals surface area contributed by atoms with Gasteiger partial charge in [0.25, 0.3) is 5.56 Å². The minimum atomic E-state index is -0.116. The van der Waals surface area contributed by atoms with Gasteiger partial charge in [-0.25, -0.2) is 9.67 Å². The highest BCUT2D eigenvalue weighted by molar-refractivity contribution is 6.30. The van der Waals surface area contributed by atoms with Gasteiger partial charge in [0.2, 0.25) is 0 Å². The molecule has 0 saturated carbocycles. The molecule has 0 saturated heterocycles. The van der Waals surface area contributed by atoms with E-state index in [1.807, 2.05) is 25.1 Å². The standard InChI is InChI=1S/C18H17ClN4O/c1-11-9-16(15-7-8-17(20)21-12(15)2)22-23(18(11)24)10-13-3-5-14(19)6-4-13/h3-9H,10H2,1-2H3,(H2,20,21). The lowest BCUT2D eigenvalue weighted by Gasteiger charge is -2.11. The fourth-order valence-electron chi connectivity index (χ4n) is 2.53. The first kappa shape index (κ1) is 16.2. The number of hydrogen-bond acceptors (Lipinski definition) is 4. The predicted octanol–water partition coefficient (Wildman–Crippen LogP) is 3.21. The van der Waals surface area contributed by atoms with E-state index in [0.29, 0.717) is 28.6 Å². The van der Waals surface area contributed by atoms with E-state index in [0.717, 1.165) is 16.8 Å². The lowest BCUT2D eigenvalue weighted by Crippen LogP contribution is -2.26. The Morgan fingerprint density at radius 3 is 2.50 bits per heavy atom. The second-order valence-electron chi connectivity index (χ2n) is 5.67. The number of aromatic nitrogens is 3. The van der Waals surface area contributed by atoms with E-state index < -0.39 is 0 Å². The third-order valence-corrected chi connectivity index (χ3v) is 4.03. The van der Waals surface area contributed by atoms with Gasteiger partial charge in [-0.2, -0.15) is 5.10 Å². The number of hydrogen-bond donors (Lipinski definition) is 1. The van der Waals surface area contributed by atoms with Gasteiger partial charge in [-0.1, -0.05) is 23.7 Å². The second-order valence-corrected chi connectivity index (χ2v) is 6.11. The third kappa shape index (κ3) is 3.31. The fourth-order valence-corrected chi connectivity index (χ4v) is 2.65. The number of aryl methyl sites for hydroxylation is 2. The largest absolute Gasteiger partial charge is 0.384 e. The Kier molecular flexibility index (Phi) is 4.36. The maximum Gasteiger partial charge on any atom is 0.270 e. The highest BCUT2D eigenvalue weighted by atomic mass is 35.5. The van der Waals surface area contributed by atoms with Crippen molar-refractivity contribution in [2.45, 2.75) is 20.4 Å². The summed E-state index contributed by atoms with van der Waals surface area (Å²) in [5.41, 5.74) is 9.51. The highest BCUT2D eigenvalue weighted by Crippen LogP contribution is 2.21. The van der Waals surface area contributed by atoms with Gasteiger partial charge >= 0.3 is 0 Å². The topological polar surface area (TPSA) is 73.8 Å². The molecular weight excluding hydrogens is 324 g/mol. The summed E-state index contributed by atoms with van der Waals surface area (Å²) in [7, 11) is 0. The molecule has 24 heavy (non-hydrogen) atoms. The van der Waals surface area contributed by atoms with E-state index in [1.54, 1.807) is 31.2 Å². The lowest BCUT2D eigenvalue weighted by molar-refractivity contribution is 0.637. The average molecular weight is 341 g/mol. The number of anilines is 1. The number of pyridine rings is 1. The molecule has 0 bridgehead atoms. The summed E-state index contributed by atoms with van der Waals surface area (Å²) in [6.45, 7) is 4.04. The molecule has 0 radical (unpaired) electrons. The molecule has 0 unspecified atom stereocenters. The maximum absolute atomic E-state index is 12.4. The summed E-state index contributed by atoms with van der Waals surface area (Å²) >= 11 is 5.91. The van der Waals surface area contributed by atoms with Crippen molar-refractivity contribution in [1.29, 1.82) is 0 Å². The Labute approximate surface area is 144 Å². The van der Waals surface area contributed by atoms with Crippen molar-refractivity contribution in [2.24, 2.45) is 0 Å². The number of halogens is 1. The Morgan fingerprint density at radius 1 is 1.12 bits per heavy atom. The first-order valence-corrected chi connectivity index (χ1v) is 7.88. The molecule has 1 aromatic carbocycles. The van der Waals surface area contributed by atoms with Gasteiger partial charge in [0, 0.05) is 21.8 Å². The lowest BCUT2D eigenvalue weighted by atomic mass is 10.1. The smallest absolute Gasteiger partial charge is 0.270 e. The molecule has 122 valence electrons. The van der Waals surface area contributed by atoms with Gasteiger partial charge in [-0.15, -0.1) is 0 Å².